The number of phosphoric acid groups is 1. The van der Waals surface area contributed by atoms with Gasteiger partial charge in [-0.1, -0.05) is 120 Å². The molecule has 0 aliphatic rings. The van der Waals surface area contributed by atoms with Gasteiger partial charge in [0.15, 0.2) is 6.10 Å². The Hall–Kier alpha value is -2.29. The summed E-state index contributed by atoms with van der Waals surface area (Å²) in [6.45, 7) is 3.53. The van der Waals surface area contributed by atoms with Gasteiger partial charge in [0.1, 0.15) is 6.61 Å². The summed E-state index contributed by atoms with van der Waals surface area (Å²) in [6.07, 6.45) is 41.1. The van der Waals surface area contributed by atoms with E-state index in [1.165, 1.54) is 19.3 Å². The van der Waals surface area contributed by atoms with E-state index < -0.39 is 32.5 Å². The molecule has 9 nitrogen and oxygen atoms in total. The van der Waals surface area contributed by atoms with Gasteiger partial charge in [-0.05, 0) is 77.0 Å². The second-order valence-corrected chi connectivity index (χ2v) is 13.9. The van der Waals surface area contributed by atoms with E-state index in [0.29, 0.717) is 12.8 Å². The number of carbonyl (C=O) groups is 2. The molecule has 0 aliphatic carbocycles. The van der Waals surface area contributed by atoms with Crippen molar-refractivity contribution in [3.63, 3.8) is 0 Å². The summed E-state index contributed by atoms with van der Waals surface area (Å²) in [6, 6.07) is 0. The predicted octanol–water partition coefficient (Wildman–Crippen LogP) is 10.5. The molecule has 0 aromatic carbocycles. The molecular weight excluding hydrogens is 653 g/mol. The lowest BCUT2D eigenvalue weighted by atomic mass is 10.1. The first-order valence-electron chi connectivity index (χ1n) is 19.3. The average molecular weight is 724 g/mol. The number of phosphoric ester groups is 1. The Kier molecular flexibility index (Phi) is 34.8. The first-order chi connectivity index (χ1) is 24.3. The van der Waals surface area contributed by atoms with Gasteiger partial charge < -0.3 is 20.1 Å². The second kappa shape index (κ2) is 36.5. The summed E-state index contributed by atoms with van der Waals surface area (Å²) in [5, 5.41) is 0. The molecular formula is C40H70NO8P. The quantitative estimate of drug-likeness (QED) is 0.0283. The van der Waals surface area contributed by atoms with E-state index in [-0.39, 0.29) is 32.6 Å². The van der Waals surface area contributed by atoms with E-state index in [1.807, 2.05) is 0 Å². The summed E-state index contributed by atoms with van der Waals surface area (Å²) in [5.74, 6) is -0.874. The van der Waals surface area contributed by atoms with Crippen LogP contribution in [0.3, 0.4) is 0 Å². The summed E-state index contributed by atoms with van der Waals surface area (Å²) in [5.41, 5.74) is 5.33. The Balaban J connectivity index is 4.29. The largest absolute Gasteiger partial charge is 0.472 e. The molecule has 10 heteroatoms. The van der Waals surface area contributed by atoms with Gasteiger partial charge in [0.05, 0.1) is 13.2 Å². The van der Waals surface area contributed by atoms with Crippen LogP contribution in [0.15, 0.2) is 60.8 Å². The van der Waals surface area contributed by atoms with Crippen LogP contribution < -0.4 is 5.73 Å². The third-order valence-electron chi connectivity index (χ3n) is 7.64. The molecule has 2 unspecified atom stereocenters. The van der Waals surface area contributed by atoms with Crippen molar-refractivity contribution in [1.82, 2.24) is 0 Å². The topological polar surface area (TPSA) is 134 Å². The molecule has 0 bridgehead atoms. The van der Waals surface area contributed by atoms with E-state index in [0.717, 1.165) is 89.9 Å². The Morgan fingerprint density at radius 3 is 1.66 bits per heavy atom. The van der Waals surface area contributed by atoms with Gasteiger partial charge in [0, 0.05) is 19.4 Å². The Labute approximate surface area is 304 Å². The number of unbranched alkanes of at least 4 members (excludes halogenated alkanes) is 12. The second-order valence-electron chi connectivity index (χ2n) is 12.4. The molecule has 2 atom stereocenters. The van der Waals surface area contributed by atoms with Crippen LogP contribution in [0.25, 0.3) is 0 Å². The number of carbonyl (C=O) groups excluding carboxylic acids is 2. The van der Waals surface area contributed by atoms with E-state index in [1.54, 1.807) is 0 Å². The lowest BCUT2D eigenvalue weighted by molar-refractivity contribution is -0.161. The normalized spacial score (nSPS) is 14.1. The third-order valence-corrected chi connectivity index (χ3v) is 8.62. The Morgan fingerprint density at radius 1 is 0.620 bits per heavy atom. The molecule has 3 N–H and O–H groups in total. The van der Waals surface area contributed by atoms with Crippen LogP contribution in [-0.4, -0.2) is 49.3 Å². The van der Waals surface area contributed by atoms with Crippen LogP contribution in [0.5, 0.6) is 0 Å². The minimum Gasteiger partial charge on any atom is -0.462 e. The molecule has 0 aliphatic heterocycles. The number of hydrogen-bond acceptors (Lipinski definition) is 8. The van der Waals surface area contributed by atoms with Crippen molar-refractivity contribution in [3.05, 3.63) is 60.8 Å². The van der Waals surface area contributed by atoms with Crippen molar-refractivity contribution in [2.75, 3.05) is 26.4 Å². The SMILES string of the molecule is CC/C=C\C/C=C\C/C=C\C/C=C\CCCCCCC(=O)OC(COC(=O)CCCCCCC/C=C\CCCCC)COP(=O)(O)OCCN. The predicted molar refractivity (Wildman–Crippen MR) is 206 cm³/mol. The zero-order chi connectivity index (χ0) is 36.8. The number of allylic oxidation sites excluding steroid dienone is 10. The van der Waals surface area contributed by atoms with Crippen molar-refractivity contribution in [2.45, 2.75) is 155 Å². The molecule has 0 fully saturated rings. The zero-order valence-electron chi connectivity index (χ0n) is 31.4. The summed E-state index contributed by atoms with van der Waals surface area (Å²) in [7, 11) is -4.38. The van der Waals surface area contributed by atoms with Gasteiger partial charge in [0.2, 0.25) is 0 Å². The highest BCUT2D eigenvalue weighted by Gasteiger charge is 2.25. The fourth-order valence-corrected chi connectivity index (χ4v) is 5.56. The van der Waals surface area contributed by atoms with Crippen LogP contribution in [-0.2, 0) is 32.7 Å². The van der Waals surface area contributed by atoms with Gasteiger partial charge in [-0.15, -0.1) is 0 Å². The highest BCUT2D eigenvalue weighted by molar-refractivity contribution is 7.47. The Morgan fingerprint density at radius 2 is 1.10 bits per heavy atom. The van der Waals surface area contributed by atoms with E-state index >= 15 is 0 Å². The molecule has 50 heavy (non-hydrogen) atoms. The highest BCUT2D eigenvalue weighted by atomic mass is 31.2. The fourth-order valence-electron chi connectivity index (χ4n) is 4.79. The minimum atomic E-state index is -4.38. The first-order valence-corrected chi connectivity index (χ1v) is 20.8. The van der Waals surface area contributed by atoms with E-state index in [2.05, 4.69) is 74.6 Å². The maximum Gasteiger partial charge on any atom is 0.472 e. The molecule has 0 saturated heterocycles. The zero-order valence-corrected chi connectivity index (χ0v) is 32.3. The number of ether oxygens (including phenoxy) is 2. The lowest BCUT2D eigenvalue weighted by Gasteiger charge is -2.19. The summed E-state index contributed by atoms with van der Waals surface area (Å²) in [4.78, 5) is 34.7. The molecule has 0 aromatic rings. The first kappa shape index (κ1) is 47.7. The molecule has 0 heterocycles. The van der Waals surface area contributed by atoms with Gasteiger partial charge in [-0.25, -0.2) is 4.57 Å². The summed E-state index contributed by atoms with van der Waals surface area (Å²) < 4.78 is 32.6. The fraction of sp³-hybridized carbons (Fsp3) is 0.700. The van der Waals surface area contributed by atoms with E-state index in [4.69, 9.17) is 24.3 Å². The maximum absolute atomic E-state index is 12.5. The number of rotatable bonds is 35. The van der Waals surface area contributed by atoms with Crippen LogP contribution in [0.2, 0.25) is 0 Å². The van der Waals surface area contributed by atoms with Crippen LogP contribution >= 0.6 is 7.82 Å². The van der Waals surface area contributed by atoms with Crippen LogP contribution in [0.4, 0.5) is 0 Å². The summed E-state index contributed by atoms with van der Waals surface area (Å²) >= 11 is 0. The maximum atomic E-state index is 12.5. The van der Waals surface area contributed by atoms with Crippen molar-refractivity contribution >= 4 is 19.8 Å². The molecule has 0 rings (SSSR count). The molecule has 0 saturated carbocycles. The molecule has 0 spiro atoms. The number of hydrogen-bond donors (Lipinski definition) is 2. The Bertz CT molecular complexity index is 1010. The molecule has 0 radical (unpaired) electrons. The van der Waals surface area contributed by atoms with Crippen LogP contribution in [0, 0.1) is 0 Å². The van der Waals surface area contributed by atoms with E-state index in [9.17, 15) is 19.0 Å². The van der Waals surface area contributed by atoms with Gasteiger partial charge in [-0.2, -0.15) is 0 Å². The van der Waals surface area contributed by atoms with Gasteiger partial charge in [-0.3, -0.25) is 18.6 Å². The highest BCUT2D eigenvalue weighted by Crippen LogP contribution is 2.43. The minimum absolute atomic E-state index is 0.0452. The number of esters is 2. The van der Waals surface area contributed by atoms with Crippen molar-refractivity contribution < 1.29 is 37.6 Å². The third kappa shape index (κ3) is 35.5. The monoisotopic (exact) mass is 723 g/mol. The van der Waals surface area contributed by atoms with Gasteiger partial charge in [0.25, 0.3) is 0 Å². The number of nitrogens with two attached hydrogens (primary N) is 1. The van der Waals surface area contributed by atoms with Gasteiger partial charge >= 0.3 is 19.8 Å². The van der Waals surface area contributed by atoms with Crippen molar-refractivity contribution in [1.29, 1.82) is 0 Å². The molecule has 288 valence electrons. The standard InChI is InChI=1S/C40H70NO8P/c1-3-5-7-9-11-13-15-17-18-19-20-21-23-25-27-29-31-33-40(43)49-38(37-48-50(44,45)47-35-34-41)36-46-39(42)32-30-28-26-24-22-16-14-12-10-8-6-4-2/h5,7,11-14,17-18,20-21,38H,3-4,6,8-10,15-16,19,22-37,41H2,1-2H3,(H,44,45)/b7-5-,13-11-,14-12-,18-17-,21-20-. The lowest BCUT2D eigenvalue weighted by Crippen LogP contribution is -2.29. The molecule has 0 amide bonds. The molecule has 0 aromatic heterocycles. The average Bonchev–Trinajstić information content (AvgIpc) is 3.10. The smallest absolute Gasteiger partial charge is 0.462 e. The van der Waals surface area contributed by atoms with Crippen molar-refractivity contribution in [3.8, 4) is 0 Å². The van der Waals surface area contributed by atoms with Crippen LogP contribution in [0.1, 0.15) is 149 Å². The van der Waals surface area contributed by atoms with Crippen molar-refractivity contribution in [2.24, 2.45) is 5.73 Å².